The SMILES string of the molecule is COC(=O)n1ncc2cccc(C(=O)OC(C)(C)C)c21. The summed E-state index contributed by atoms with van der Waals surface area (Å²) in [6.07, 6.45) is 0.844. The number of carbonyl (C=O) groups excluding carboxylic acids is 2. The molecule has 2 rings (SSSR count). The molecule has 106 valence electrons. The summed E-state index contributed by atoms with van der Waals surface area (Å²) in [6, 6.07) is 5.07. The molecule has 20 heavy (non-hydrogen) atoms. The van der Waals surface area contributed by atoms with E-state index in [0.717, 1.165) is 4.68 Å². The predicted octanol–water partition coefficient (Wildman–Crippen LogP) is 2.61. The van der Waals surface area contributed by atoms with Gasteiger partial charge in [-0.1, -0.05) is 12.1 Å². The molecule has 1 heterocycles. The molecule has 6 nitrogen and oxygen atoms in total. The van der Waals surface area contributed by atoms with Crippen molar-refractivity contribution in [1.82, 2.24) is 9.78 Å². The monoisotopic (exact) mass is 276 g/mol. The van der Waals surface area contributed by atoms with Crippen LogP contribution in [0, 0.1) is 0 Å². The molecule has 0 aliphatic heterocycles. The Labute approximate surface area is 116 Å². The van der Waals surface area contributed by atoms with Crippen molar-refractivity contribution < 1.29 is 19.1 Å². The highest BCUT2D eigenvalue weighted by atomic mass is 16.6. The van der Waals surface area contributed by atoms with Gasteiger partial charge in [0.15, 0.2) is 0 Å². The van der Waals surface area contributed by atoms with Crippen molar-refractivity contribution >= 4 is 23.0 Å². The van der Waals surface area contributed by atoms with Gasteiger partial charge in [0.2, 0.25) is 0 Å². The summed E-state index contributed by atoms with van der Waals surface area (Å²) in [4.78, 5) is 23.9. The molecule has 0 atom stereocenters. The Balaban J connectivity index is 2.56. The zero-order valence-electron chi connectivity index (χ0n) is 11.8. The van der Waals surface area contributed by atoms with Crippen LogP contribution in [0.4, 0.5) is 4.79 Å². The molecule has 0 fully saturated rings. The van der Waals surface area contributed by atoms with E-state index in [2.05, 4.69) is 9.84 Å². The van der Waals surface area contributed by atoms with Gasteiger partial charge in [-0.2, -0.15) is 9.78 Å². The van der Waals surface area contributed by atoms with Crippen molar-refractivity contribution in [3.05, 3.63) is 30.0 Å². The van der Waals surface area contributed by atoms with Gasteiger partial charge in [-0.15, -0.1) is 0 Å². The minimum absolute atomic E-state index is 0.278. The first-order chi connectivity index (χ1) is 9.33. The van der Waals surface area contributed by atoms with Gasteiger partial charge in [0.1, 0.15) is 5.60 Å². The fourth-order valence-electron chi connectivity index (χ4n) is 1.80. The molecular weight excluding hydrogens is 260 g/mol. The minimum Gasteiger partial charge on any atom is -0.456 e. The highest BCUT2D eigenvalue weighted by molar-refractivity contribution is 6.05. The molecule has 0 unspecified atom stereocenters. The van der Waals surface area contributed by atoms with E-state index in [1.807, 2.05) is 0 Å². The number of hydrogen-bond acceptors (Lipinski definition) is 5. The molecule has 0 bridgehead atoms. The second-order valence-electron chi connectivity index (χ2n) is 5.27. The number of para-hydroxylation sites is 1. The predicted molar refractivity (Wildman–Crippen MR) is 72.7 cm³/mol. The Hall–Kier alpha value is -2.37. The van der Waals surface area contributed by atoms with E-state index >= 15 is 0 Å². The van der Waals surface area contributed by atoms with Crippen LogP contribution in [0.2, 0.25) is 0 Å². The second-order valence-corrected chi connectivity index (χ2v) is 5.27. The Bertz CT molecular complexity index is 667. The lowest BCUT2D eigenvalue weighted by Crippen LogP contribution is -2.24. The first-order valence-corrected chi connectivity index (χ1v) is 6.12. The van der Waals surface area contributed by atoms with Crippen molar-refractivity contribution in [3.63, 3.8) is 0 Å². The van der Waals surface area contributed by atoms with Gasteiger partial charge in [-0.3, -0.25) is 0 Å². The van der Waals surface area contributed by atoms with E-state index in [0.29, 0.717) is 10.9 Å². The fraction of sp³-hybridized carbons (Fsp3) is 0.357. The third kappa shape index (κ3) is 2.64. The van der Waals surface area contributed by atoms with Crippen molar-refractivity contribution in [2.24, 2.45) is 0 Å². The molecule has 0 aliphatic rings. The summed E-state index contributed by atoms with van der Waals surface area (Å²) in [5.74, 6) is -0.506. The number of benzene rings is 1. The molecule has 6 heteroatoms. The van der Waals surface area contributed by atoms with E-state index in [9.17, 15) is 9.59 Å². The Morgan fingerprint density at radius 3 is 2.55 bits per heavy atom. The van der Waals surface area contributed by atoms with Crippen molar-refractivity contribution in [3.8, 4) is 0 Å². The highest BCUT2D eigenvalue weighted by Crippen LogP contribution is 2.21. The number of aromatic nitrogens is 2. The molecule has 0 N–H and O–H groups in total. The number of rotatable bonds is 1. The van der Waals surface area contributed by atoms with Crippen molar-refractivity contribution in [2.75, 3.05) is 7.11 Å². The van der Waals surface area contributed by atoms with Crippen LogP contribution in [0.15, 0.2) is 24.4 Å². The Morgan fingerprint density at radius 2 is 1.95 bits per heavy atom. The number of ether oxygens (including phenoxy) is 2. The van der Waals surface area contributed by atoms with Crippen molar-refractivity contribution in [2.45, 2.75) is 26.4 Å². The number of methoxy groups -OCH3 is 1. The third-order valence-electron chi connectivity index (χ3n) is 2.56. The maximum Gasteiger partial charge on any atom is 0.434 e. The molecule has 0 saturated carbocycles. The molecule has 0 spiro atoms. The fourth-order valence-corrected chi connectivity index (χ4v) is 1.80. The zero-order chi connectivity index (χ0) is 14.9. The van der Waals surface area contributed by atoms with Gasteiger partial charge in [0.05, 0.1) is 24.4 Å². The Kier molecular flexibility index (Phi) is 3.48. The largest absolute Gasteiger partial charge is 0.456 e. The van der Waals surface area contributed by atoms with Crippen LogP contribution in [0.25, 0.3) is 10.9 Å². The molecule has 0 radical (unpaired) electrons. The average Bonchev–Trinajstić information content (AvgIpc) is 2.79. The van der Waals surface area contributed by atoms with Gasteiger partial charge in [-0.25, -0.2) is 9.59 Å². The molecule has 2 aromatic rings. The van der Waals surface area contributed by atoms with Gasteiger partial charge < -0.3 is 9.47 Å². The number of esters is 1. The minimum atomic E-state index is -0.656. The smallest absolute Gasteiger partial charge is 0.434 e. The summed E-state index contributed by atoms with van der Waals surface area (Å²) >= 11 is 0. The number of nitrogens with zero attached hydrogens (tertiary/aromatic N) is 2. The van der Waals surface area contributed by atoms with Crippen LogP contribution in [0.3, 0.4) is 0 Å². The van der Waals surface area contributed by atoms with E-state index in [1.54, 1.807) is 39.0 Å². The highest BCUT2D eigenvalue weighted by Gasteiger charge is 2.23. The number of fused-ring (bicyclic) bond motifs is 1. The maximum atomic E-state index is 12.2. The summed E-state index contributed by atoms with van der Waals surface area (Å²) in [7, 11) is 1.26. The summed E-state index contributed by atoms with van der Waals surface area (Å²) in [5.41, 5.74) is 0.0453. The van der Waals surface area contributed by atoms with Crippen LogP contribution >= 0.6 is 0 Å². The second kappa shape index (κ2) is 4.96. The zero-order valence-corrected chi connectivity index (χ0v) is 11.8. The average molecular weight is 276 g/mol. The lowest BCUT2D eigenvalue weighted by atomic mass is 10.1. The normalized spacial score (nSPS) is 11.4. The topological polar surface area (TPSA) is 70.4 Å². The molecule has 0 saturated heterocycles. The van der Waals surface area contributed by atoms with Crippen molar-refractivity contribution in [1.29, 1.82) is 0 Å². The van der Waals surface area contributed by atoms with Crippen LogP contribution in [-0.4, -0.2) is 34.6 Å². The number of carbonyl (C=O) groups is 2. The number of hydrogen-bond donors (Lipinski definition) is 0. The van der Waals surface area contributed by atoms with E-state index in [1.165, 1.54) is 13.3 Å². The lowest BCUT2D eigenvalue weighted by molar-refractivity contribution is 0.00715. The quantitative estimate of drug-likeness (QED) is 0.749. The van der Waals surface area contributed by atoms with E-state index in [-0.39, 0.29) is 5.56 Å². The molecule has 1 aromatic carbocycles. The van der Waals surface area contributed by atoms with Crippen LogP contribution in [0.5, 0.6) is 0 Å². The van der Waals surface area contributed by atoms with Crippen LogP contribution < -0.4 is 0 Å². The molecule has 1 aromatic heterocycles. The Morgan fingerprint density at radius 1 is 1.25 bits per heavy atom. The van der Waals surface area contributed by atoms with Gasteiger partial charge in [0.25, 0.3) is 0 Å². The standard InChI is InChI=1S/C14H16N2O4/c1-14(2,3)20-12(17)10-7-5-6-9-8-15-16(11(9)10)13(18)19-4/h5-8H,1-4H3. The molecule has 0 amide bonds. The van der Waals surface area contributed by atoms with Gasteiger partial charge in [-0.05, 0) is 26.8 Å². The summed E-state index contributed by atoms with van der Waals surface area (Å²) < 4.78 is 11.0. The summed E-state index contributed by atoms with van der Waals surface area (Å²) in [6.45, 7) is 5.34. The molecule has 0 aliphatic carbocycles. The first kappa shape index (κ1) is 14.0. The third-order valence-corrected chi connectivity index (χ3v) is 2.56. The first-order valence-electron chi connectivity index (χ1n) is 6.12. The van der Waals surface area contributed by atoms with Gasteiger partial charge in [0, 0.05) is 5.39 Å². The summed E-state index contributed by atoms with van der Waals surface area (Å²) in [5, 5.41) is 4.61. The van der Waals surface area contributed by atoms with Crippen LogP contribution in [0.1, 0.15) is 31.1 Å². The molecular formula is C14H16N2O4. The lowest BCUT2D eigenvalue weighted by Gasteiger charge is -2.19. The van der Waals surface area contributed by atoms with E-state index in [4.69, 9.17) is 4.74 Å². The van der Waals surface area contributed by atoms with Gasteiger partial charge >= 0.3 is 12.1 Å². The van der Waals surface area contributed by atoms with Crippen LogP contribution in [-0.2, 0) is 9.47 Å². The maximum absolute atomic E-state index is 12.2. The van der Waals surface area contributed by atoms with E-state index < -0.39 is 17.7 Å².